The topological polar surface area (TPSA) is 42.2 Å². The Hall–Kier alpha value is -0.450. The number of fused-ring (bicyclic) bond motifs is 2. The van der Waals surface area contributed by atoms with Crippen LogP contribution < -0.4 is 5.73 Å². The summed E-state index contributed by atoms with van der Waals surface area (Å²) in [4.78, 5) is 8.68. The Morgan fingerprint density at radius 2 is 1.94 bits per heavy atom. The van der Waals surface area contributed by atoms with Gasteiger partial charge in [-0.05, 0) is 39.5 Å². The number of aromatic nitrogens is 1. The highest BCUT2D eigenvalue weighted by Gasteiger charge is 2.39. The summed E-state index contributed by atoms with van der Waals surface area (Å²) in [7, 11) is 0. The van der Waals surface area contributed by atoms with E-state index in [0.29, 0.717) is 18.1 Å². The molecule has 2 fully saturated rings. The van der Waals surface area contributed by atoms with Crippen LogP contribution in [0.4, 0.5) is 0 Å². The average Bonchev–Trinajstić information content (AvgIpc) is 2.70. The highest BCUT2D eigenvalue weighted by Crippen LogP contribution is 2.36. The van der Waals surface area contributed by atoms with Gasteiger partial charge < -0.3 is 5.73 Å². The Kier molecular flexibility index (Phi) is 2.97. The van der Waals surface area contributed by atoms with Gasteiger partial charge in [0.05, 0.1) is 12.2 Å². The van der Waals surface area contributed by atoms with Gasteiger partial charge in [0, 0.05) is 23.0 Å². The third-order valence-electron chi connectivity index (χ3n) is 4.31. The van der Waals surface area contributed by atoms with Gasteiger partial charge in [-0.15, -0.1) is 11.3 Å². The van der Waals surface area contributed by atoms with Gasteiger partial charge in [-0.25, -0.2) is 4.98 Å². The Bertz CT molecular complexity index is 381. The lowest BCUT2D eigenvalue weighted by Gasteiger charge is -2.37. The number of nitrogens with two attached hydrogens (primary N) is 1. The molecule has 2 bridgehead atoms. The quantitative estimate of drug-likeness (QED) is 0.876. The minimum absolute atomic E-state index is 0.434. The van der Waals surface area contributed by atoms with Crippen LogP contribution in [0, 0.1) is 13.8 Å². The summed E-state index contributed by atoms with van der Waals surface area (Å²) in [6.45, 7) is 5.31. The molecular formula is C13H21N3S. The number of aryl methyl sites for hydroxylation is 2. The SMILES string of the molecule is Cc1nc(CN2C3CCC2CC(N)C3)sc1C. The van der Waals surface area contributed by atoms with Crippen LogP contribution in [0.25, 0.3) is 0 Å². The second-order valence-electron chi connectivity index (χ2n) is 5.54. The van der Waals surface area contributed by atoms with E-state index in [-0.39, 0.29) is 0 Å². The molecule has 3 rings (SSSR count). The first-order valence-electron chi connectivity index (χ1n) is 6.57. The predicted octanol–water partition coefficient (Wildman–Crippen LogP) is 2.21. The molecule has 17 heavy (non-hydrogen) atoms. The number of thiazole rings is 1. The van der Waals surface area contributed by atoms with Crippen molar-refractivity contribution in [2.75, 3.05) is 0 Å². The largest absolute Gasteiger partial charge is 0.328 e. The third-order valence-corrected chi connectivity index (χ3v) is 5.37. The molecule has 2 saturated heterocycles. The highest BCUT2D eigenvalue weighted by atomic mass is 32.1. The van der Waals surface area contributed by atoms with E-state index in [1.165, 1.54) is 41.3 Å². The number of piperidine rings is 1. The van der Waals surface area contributed by atoms with Crippen molar-refractivity contribution in [2.24, 2.45) is 5.73 Å². The smallest absolute Gasteiger partial charge is 0.107 e. The fourth-order valence-electron chi connectivity index (χ4n) is 3.34. The molecule has 0 amide bonds. The van der Waals surface area contributed by atoms with Crippen molar-refractivity contribution in [2.45, 2.75) is 64.2 Å². The van der Waals surface area contributed by atoms with Crippen molar-refractivity contribution in [1.82, 2.24) is 9.88 Å². The van der Waals surface area contributed by atoms with Gasteiger partial charge in [-0.2, -0.15) is 0 Å². The van der Waals surface area contributed by atoms with Crippen LogP contribution in [0.3, 0.4) is 0 Å². The summed E-state index contributed by atoms with van der Waals surface area (Å²) in [5.41, 5.74) is 7.30. The van der Waals surface area contributed by atoms with Gasteiger partial charge in [-0.1, -0.05) is 0 Å². The lowest BCUT2D eigenvalue weighted by molar-refractivity contribution is 0.120. The van der Waals surface area contributed by atoms with Crippen LogP contribution in [0.1, 0.15) is 41.3 Å². The first-order chi connectivity index (χ1) is 8.13. The lowest BCUT2D eigenvalue weighted by Crippen LogP contribution is -2.46. The zero-order valence-corrected chi connectivity index (χ0v) is 11.5. The van der Waals surface area contributed by atoms with Crippen LogP contribution in [-0.4, -0.2) is 28.0 Å². The molecule has 2 N–H and O–H groups in total. The van der Waals surface area contributed by atoms with Crippen molar-refractivity contribution in [3.8, 4) is 0 Å². The zero-order chi connectivity index (χ0) is 12.0. The fraction of sp³-hybridized carbons (Fsp3) is 0.769. The molecule has 2 aliphatic heterocycles. The lowest BCUT2D eigenvalue weighted by atomic mass is 9.98. The van der Waals surface area contributed by atoms with Crippen LogP contribution in [-0.2, 0) is 6.54 Å². The molecule has 0 saturated carbocycles. The van der Waals surface area contributed by atoms with E-state index in [0.717, 1.165) is 6.54 Å². The van der Waals surface area contributed by atoms with Gasteiger partial charge in [0.2, 0.25) is 0 Å². The molecule has 3 heterocycles. The summed E-state index contributed by atoms with van der Waals surface area (Å²) < 4.78 is 0. The Morgan fingerprint density at radius 1 is 1.29 bits per heavy atom. The average molecular weight is 251 g/mol. The Balaban J connectivity index is 1.74. The van der Waals surface area contributed by atoms with Crippen LogP contribution in [0.15, 0.2) is 0 Å². The summed E-state index contributed by atoms with van der Waals surface area (Å²) in [6, 6.07) is 1.87. The highest BCUT2D eigenvalue weighted by molar-refractivity contribution is 7.11. The van der Waals surface area contributed by atoms with E-state index in [4.69, 9.17) is 5.73 Å². The van der Waals surface area contributed by atoms with Crippen molar-refractivity contribution in [1.29, 1.82) is 0 Å². The molecule has 1 aromatic heterocycles. The minimum Gasteiger partial charge on any atom is -0.328 e. The van der Waals surface area contributed by atoms with Crippen molar-refractivity contribution in [3.63, 3.8) is 0 Å². The molecule has 2 aliphatic rings. The monoisotopic (exact) mass is 251 g/mol. The maximum Gasteiger partial charge on any atom is 0.107 e. The van der Waals surface area contributed by atoms with Gasteiger partial charge in [0.15, 0.2) is 0 Å². The van der Waals surface area contributed by atoms with Crippen molar-refractivity contribution in [3.05, 3.63) is 15.6 Å². The summed E-state index contributed by atoms with van der Waals surface area (Å²) >= 11 is 1.86. The summed E-state index contributed by atoms with van der Waals surface area (Å²) in [5.74, 6) is 0. The van der Waals surface area contributed by atoms with Crippen LogP contribution >= 0.6 is 11.3 Å². The first-order valence-corrected chi connectivity index (χ1v) is 7.39. The first kappa shape index (κ1) is 11.6. The van der Waals surface area contributed by atoms with Gasteiger partial charge in [0.1, 0.15) is 5.01 Å². The maximum absolute atomic E-state index is 6.10. The predicted molar refractivity (Wildman–Crippen MR) is 71.2 cm³/mol. The molecule has 2 unspecified atom stereocenters. The number of hydrogen-bond acceptors (Lipinski definition) is 4. The third kappa shape index (κ3) is 2.14. The van der Waals surface area contributed by atoms with Gasteiger partial charge in [0.25, 0.3) is 0 Å². The second kappa shape index (κ2) is 4.34. The zero-order valence-electron chi connectivity index (χ0n) is 10.6. The molecular weight excluding hydrogens is 230 g/mol. The summed E-state index contributed by atoms with van der Waals surface area (Å²) in [5, 5.41) is 1.28. The molecule has 3 nitrogen and oxygen atoms in total. The molecule has 2 atom stereocenters. The van der Waals surface area contributed by atoms with Crippen LogP contribution in [0.5, 0.6) is 0 Å². The maximum atomic E-state index is 6.10. The summed E-state index contributed by atoms with van der Waals surface area (Å²) in [6.07, 6.45) is 5.03. The van der Waals surface area contributed by atoms with Crippen molar-refractivity contribution >= 4 is 11.3 Å². The molecule has 4 heteroatoms. The molecule has 0 aliphatic carbocycles. The Morgan fingerprint density at radius 3 is 2.47 bits per heavy atom. The van der Waals surface area contributed by atoms with E-state index in [9.17, 15) is 0 Å². The normalized spacial score (nSPS) is 33.2. The van der Waals surface area contributed by atoms with E-state index in [2.05, 4.69) is 23.7 Å². The van der Waals surface area contributed by atoms with E-state index >= 15 is 0 Å². The molecule has 0 radical (unpaired) electrons. The minimum atomic E-state index is 0.434. The number of hydrogen-bond donors (Lipinski definition) is 1. The van der Waals surface area contributed by atoms with E-state index in [1.807, 2.05) is 11.3 Å². The second-order valence-corrected chi connectivity index (χ2v) is 6.83. The van der Waals surface area contributed by atoms with E-state index in [1.54, 1.807) is 0 Å². The molecule has 0 aromatic carbocycles. The fourth-order valence-corrected chi connectivity index (χ4v) is 4.28. The van der Waals surface area contributed by atoms with E-state index < -0.39 is 0 Å². The number of rotatable bonds is 2. The molecule has 0 spiro atoms. The van der Waals surface area contributed by atoms with Gasteiger partial charge >= 0.3 is 0 Å². The van der Waals surface area contributed by atoms with Crippen molar-refractivity contribution < 1.29 is 0 Å². The van der Waals surface area contributed by atoms with Crippen LogP contribution in [0.2, 0.25) is 0 Å². The number of nitrogens with zero attached hydrogens (tertiary/aromatic N) is 2. The van der Waals surface area contributed by atoms with Gasteiger partial charge in [-0.3, -0.25) is 4.90 Å². The molecule has 94 valence electrons. The standard InChI is InChI=1S/C13H21N3S/c1-8-9(2)17-13(15-8)7-16-11-3-4-12(16)6-10(14)5-11/h10-12H,3-7,14H2,1-2H3. The molecule has 1 aromatic rings. The Labute approximate surface area is 107 Å².